The minimum absolute atomic E-state index is 0.00735. The molecule has 0 aliphatic heterocycles. The van der Waals surface area contributed by atoms with Crippen LogP contribution in [0.15, 0.2) is 24.3 Å². The van der Waals surface area contributed by atoms with Gasteiger partial charge in [0, 0.05) is 13.1 Å². The van der Waals surface area contributed by atoms with Crippen molar-refractivity contribution in [2.75, 3.05) is 19.6 Å². The van der Waals surface area contributed by atoms with E-state index in [-0.39, 0.29) is 18.3 Å². The first-order chi connectivity index (χ1) is 11.2. The van der Waals surface area contributed by atoms with Gasteiger partial charge in [0.25, 0.3) is 0 Å². The van der Waals surface area contributed by atoms with E-state index in [0.29, 0.717) is 19.0 Å². The molecule has 0 saturated heterocycles. The van der Waals surface area contributed by atoms with Crippen molar-refractivity contribution in [3.05, 3.63) is 35.6 Å². The molecule has 1 saturated carbocycles. The number of carbonyl (C=O) groups excluding carboxylic acids is 1. The van der Waals surface area contributed by atoms with Crippen molar-refractivity contribution in [1.82, 2.24) is 10.2 Å². The van der Waals surface area contributed by atoms with Gasteiger partial charge in [-0.05, 0) is 36.5 Å². The van der Waals surface area contributed by atoms with Gasteiger partial charge in [-0.2, -0.15) is 0 Å². The fourth-order valence-electron chi connectivity index (χ4n) is 3.05. The fourth-order valence-corrected chi connectivity index (χ4v) is 3.05. The lowest BCUT2D eigenvalue weighted by atomic mass is 9.89. The molecule has 1 aromatic rings. The third-order valence-electron chi connectivity index (χ3n) is 4.31. The maximum absolute atomic E-state index is 12.9. The van der Waals surface area contributed by atoms with Gasteiger partial charge >= 0.3 is 0 Å². The summed E-state index contributed by atoms with van der Waals surface area (Å²) < 4.78 is 12.9. The highest BCUT2D eigenvalue weighted by molar-refractivity contribution is 5.78. The minimum atomic E-state index is -0.262. The standard InChI is InChI=1S/C19H25FN2O/c1-2-12-22(14-17-8-10-18(20)11-9-17)15-19(23)21-13-16-6-4-3-5-7-16/h1,8-11,16H,3-7,12-15H2,(H,21,23). The molecule has 0 bridgehead atoms. The summed E-state index contributed by atoms with van der Waals surface area (Å²) in [5.41, 5.74) is 0.946. The molecule has 0 spiro atoms. The normalized spacial score (nSPS) is 15.3. The molecule has 23 heavy (non-hydrogen) atoms. The highest BCUT2D eigenvalue weighted by Crippen LogP contribution is 2.22. The van der Waals surface area contributed by atoms with Crippen LogP contribution >= 0.6 is 0 Å². The molecule has 3 nitrogen and oxygen atoms in total. The van der Waals surface area contributed by atoms with Gasteiger partial charge in [-0.3, -0.25) is 9.69 Å². The number of amides is 1. The van der Waals surface area contributed by atoms with E-state index in [0.717, 1.165) is 12.1 Å². The van der Waals surface area contributed by atoms with Crippen molar-refractivity contribution in [2.45, 2.75) is 38.6 Å². The Morgan fingerprint density at radius 1 is 1.26 bits per heavy atom. The van der Waals surface area contributed by atoms with Crippen molar-refractivity contribution in [2.24, 2.45) is 5.92 Å². The molecule has 4 heteroatoms. The Morgan fingerprint density at radius 3 is 2.61 bits per heavy atom. The second-order valence-corrected chi connectivity index (χ2v) is 6.28. The SMILES string of the molecule is C#CCN(CC(=O)NCC1CCCCC1)Cc1ccc(F)cc1. The lowest BCUT2D eigenvalue weighted by molar-refractivity contribution is -0.122. The molecule has 0 radical (unpaired) electrons. The first-order valence-corrected chi connectivity index (χ1v) is 8.34. The van der Waals surface area contributed by atoms with Crippen LogP contribution in [0.1, 0.15) is 37.7 Å². The monoisotopic (exact) mass is 316 g/mol. The van der Waals surface area contributed by atoms with Gasteiger partial charge in [-0.25, -0.2) is 4.39 Å². The Bertz CT molecular complexity index is 529. The predicted octanol–water partition coefficient (Wildman–Crippen LogP) is 2.96. The van der Waals surface area contributed by atoms with E-state index in [4.69, 9.17) is 6.42 Å². The van der Waals surface area contributed by atoms with Crippen LogP contribution in [0, 0.1) is 24.1 Å². The van der Waals surface area contributed by atoms with E-state index in [1.165, 1.54) is 44.2 Å². The Morgan fingerprint density at radius 2 is 1.96 bits per heavy atom. The average molecular weight is 316 g/mol. The van der Waals surface area contributed by atoms with Crippen LogP contribution in [0.4, 0.5) is 4.39 Å². The van der Waals surface area contributed by atoms with E-state index in [9.17, 15) is 9.18 Å². The highest BCUT2D eigenvalue weighted by atomic mass is 19.1. The van der Waals surface area contributed by atoms with E-state index >= 15 is 0 Å². The van der Waals surface area contributed by atoms with E-state index in [1.54, 1.807) is 12.1 Å². The lowest BCUT2D eigenvalue weighted by Crippen LogP contribution is -2.39. The van der Waals surface area contributed by atoms with E-state index in [2.05, 4.69) is 11.2 Å². The molecule has 1 aliphatic carbocycles. The summed E-state index contributed by atoms with van der Waals surface area (Å²) in [4.78, 5) is 14.0. The minimum Gasteiger partial charge on any atom is -0.355 e. The van der Waals surface area contributed by atoms with Crippen LogP contribution in [0.2, 0.25) is 0 Å². The van der Waals surface area contributed by atoms with Crippen molar-refractivity contribution in [3.8, 4) is 12.3 Å². The molecule has 0 aromatic heterocycles. The second kappa shape index (κ2) is 9.32. The number of terminal acetylenes is 1. The van der Waals surface area contributed by atoms with Crippen molar-refractivity contribution in [1.29, 1.82) is 0 Å². The Hall–Kier alpha value is -1.86. The Kier molecular flexibility index (Phi) is 7.09. The molecule has 1 fully saturated rings. The van der Waals surface area contributed by atoms with Gasteiger partial charge < -0.3 is 5.32 Å². The average Bonchev–Trinajstić information content (AvgIpc) is 2.56. The van der Waals surface area contributed by atoms with Crippen LogP contribution in [-0.2, 0) is 11.3 Å². The number of nitrogens with one attached hydrogen (secondary N) is 1. The molecule has 0 unspecified atom stereocenters. The summed E-state index contributed by atoms with van der Waals surface area (Å²) in [7, 11) is 0. The smallest absolute Gasteiger partial charge is 0.234 e. The molecule has 1 aliphatic rings. The predicted molar refractivity (Wildman–Crippen MR) is 90.1 cm³/mol. The molecular weight excluding hydrogens is 291 g/mol. The quantitative estimate of drug-likeness (QED) is 0.785. The molecule has 1 aromatic carbocycles. The molecule has 1 amide bonds. The van der Waals surface area contributed by atoms with Crippen molar-refractivity contribution < 1.29 is 9.18 Å². The number of hydrogen-bond acceptors (Lipinski definition) is 2. The molecule has 0 atom stereocenters. The Balaban J connectivity index is 1.79. The van der Waals surface area contributed by atoms with Crippen molar-refractivity contribution in [3.63, 3.8) is 0 Å². The largest absolute Gasteiger partial charge is 0.355 e. The number of hydrogen-bond donors (Lipinski definition) is 1. The first-order valence-electron chi connectivity index (χ1n) is 8.34. The maximum Gasteiger partial charge on any atom is 0.234 e. The third kappa shape index (κ3) is 6.42. The summed E-state index contributed by atoms with van der Waals surface area (Å²) in [6.45, 7) is 1.98. The summed E-state index contributed by atoms with van der Waals surface area (Å²) in [5, 5.41) is 3.03. The second-order valence-electron chi connectivity index (χ2n) is 6.28. The van der Waals surface area contributed by atoms with Crippen LogP contribution in [0.3, 0.4) is 0 Å². The number of rotatable bonds is 7. The zero-order valence-corrected chi connectivity index (χ0v) is 13.6. The molecular formula is C19H25FN2O. The maximum atomic E-state index is 12.9. The Labute approximate surface area is 138 Å². The summed E-state index contributed by atoms with van der Waals surface area (Å²) in [6.07, 6.45) is 11.7. The van der Waals surface area contributed by atoms with Gasteiger partial charge in [-0.1, -0.05) is 37.3 Å². The molecule has 0 heterocycles. The lowest BCUT2D eigenvalue weighted by Gasteiger charge is -2.23. The number of carbonyl (C=O) groups is 1. The fraction of sp³-hybridized carbons (Fsp3) is 0.526. The number of nitrogens with zero attached hydrogens (tertiary/aromatic N) is 1. The van der Waals surface area contributed by atoms with Gasteiger partial charge in [0.2, 0.25) is 5.91 Å². The topological polar surface area (TPSA) is 32.3 Å². The highest BCUT2D eigenvalue weighted by Gasteiger charge is 2.15. The summed E-state index contributed by atoms with van der Waals surface area (Å²) in [6, 6.07) is 6.29. The van der Waals surface area contributed by atoms with Gasteiger partial charge in [0.1, 0.15) is 5.82 Å². The zero-order chi connectivity index (χ0) is 16.5. The van der Waals surface area contributed by atoms with E-state index in [1.807, 2.05) is 4.90 Å². The van der Waals surface area contributed by atoms with Crippen LogP contribution in [-0.4, -0.2) is 30.4 Å². The molecule has 124 valence electrons. The van der Waals surface area contributed by atoms with Crippen LogP contribution < -0.4 is 5.32 Å². The third-order valence-corrected chi connectivity index (χ3v) is 4.31. The van der Waals surface area contributed by atoms with Gasteiger partial charge in [-0.15, -0.1) is 6.42 Å². The number of benzene rings is 1. The van der Waals surface area contributed by atoms with E-state index < -0.39 is 0 Å². The number of halogens is 1. The van der Waals surface area contributed by atoms with Crippen molar-refractivity contribution >= 4 is 5.91 Å². The first kappa shape index (κ1) is 17.5. The summed E-state index contributed by atoms with van der Waals surface area (Å²) in [5.74, 6) is 2.94. The van der Waals surface area contributed by atoms with Gasteiger partial charge in [0.05, 0.1) is 13.1 Å². The molecule has 2 rings (SSSR count). The summed E-state index contributed by atoms with van der Waals surface area (Å²) >= 11 is 0. The van der Waals surface area contributed by atoms with Gasteiger partial charge in [0.15, 0.2) is 0 Å². The van der Waals surface area contributed by atoms with Crippen LogP contribution in [0.25, 0.3) is 0 Å². The zero-order valence-electron chi connectivity index (χ0n) is 13.6. The van der Waals surface area contributed by atoms with Crippen LogP contribution in [0.5, 0.6) is 0 Å². The molecule has 1 N–H and O–H groups in total.